The van der Waals surface area contributed by atoms with Gasteiger partial charge in [-0.15, -0.1) is 11.3 Å². The molecule has 0 aliphatic heterocycles. The van der Waals surface area contributed by atoms with Gasteiger partial charge in [-0.2, -0.15) is 5.10 Å². The standard InChI is InChI=1S/C11H13BrN4OS/c1-6-8(3)18-11(14-6)15-10(17)7(2)16-5-9(12)4-13-16/h4-5,7H,1-3H3,(H,14,15,17)/t7-/m1/s1. The fraction of sp³-hybridized carbons (Fsp3) is 0.364. The van der Waals surface area contributed by atoms with Crippen LogP contribution in [0.15, 0.2) is 16.9 Å². The highest BCUT2D eigenvalue weighted by molar-refractivity contribution is 9.10. The van der Waals surface area contributed by atoms with Crippen molar-refractivity contribution < 1.29 is 4.79 Å². The highest BCUT2D eigenvalue weighted by Crippen LogP contribution is 2.22. The molecule has 1 amide bonds. The normalized spacial score (nSPS) is 12.4. The third-order valence-electron chi connectivity index (χ3n) is 2.60. The molecule has 1 atom stereocenters. The van der Waals surface area contributed by atoms with Gasteiger partial charge >= 0.3 is 0 Å². The van der Waals surface area contributed by atoms with Crippen molar-refractivity contribution in [3.63, 3.8) is 0 Å². The SMILES string of the molecule is Cc1nc(NC(=O)[C@@H](C)n2cc(Br)cn2)sc1C. The third-order valence-corrected chi connectivity index (χ3v) is 4.00. The van der Waals surface area contributed by atoms with Crippen molar-refractivity contribution in [3.8, 4) is 0 Å². The number of anilines is 1. The number of rotatable bonds is 3. The number of hydrogen-bond acceptors (Lipinski definition) is 4. The largest absolute Gasteiger partial charge is 0.300 e. The van der Waals surface area contributed by atoms with E-state index >= 15 is 0 Å². The molecule has 0 aliphatic rings. The van der Waals surface area contributed by atoms with Crippen LogP contribution in [0.1, 0.15) is 23.5 Å². The van der Waals surface area contributed by atoms with Crippen LogP contribution in [-0.4, -0.2) is 20.7 Å². The lowest BCUT2D eigenvalue weighted by molar-refractivity contribution is -0.119. The fourth-order valence-electron chi connectivity index (χ4n) is 1.38. The molecule has 2 heterocycles. The maximum atomic E-state index is 12.0. The predicted octanol–water partition coefficient (Wildman–Crippen LogP) is 2.92. The first-order valence-electron chi connectivity index (χ1n) is 5.42. The Kier molecular flexibility index (Phi) is 3.82. The lowest BCUT2D eigenvalue weighted by atomic mass is 10.3. The maximum absolute atomic E-state index is 12.0. The number of hydrogen-bond donors (Lipinski definition) is 1. The Balaban J connectivity index is 2.08. The molecule has 7 heteroatoms. The van der Waals surface area contributed by atoms with Crippen LogP contribution in [0.4, 0.5) is 5.13 Å². The molecule has 1 N–H and O–H groups in total. The van der Waals surface area contributed by atoms with Crippen LogP contribution in [0.25, 0.3) is 0 Å². The number of thiazole rings is 1. The van der Waals surface area contributed by atoms with E-state index in [4.69, 9.17) is 0 Å². The van der Waals surface area contributed by atoms with Crippen molar-refractivity contribution in [1.29, 1.82) is 0 Å². The number of aryl methyl sites for hydroxylation is 2. The summed E-state index contributed by atoms with van der Waals surface area (Å²) < 4.78 is 2.45. The van der Waals surface area contributed by atoms with Gasteiger partial charge in [0.2, 0.25) is 0 Å². The second-order valence-electron chi connectivity index (χ2n) is 3.96. The molecular weight excluding hydrogens is 316 g/mol. The van der Waals surface area contributed by atoms with Crippen molar-refractivity contribution in [2.24, 2.45) is 0 Å². The monoisotopic (exact) mass is 328 g/mol. The molecule has 2 rings (SSSR count). The molecular formula is C11H13BrN4OS. The Labute approximate surface area is 117 Å². The third kappa shape index (κ3) is 2.78. The van der Waals surface area contributed by atoms with E-state index in [9.17, 15) is 4.79 Å². The van der Waals surface area contributed by atoms with E-state index in [2.05, 4.69) is 31.3 Å². The smallest absolute Gasteiger partial charge is 0.250 e. The zero-order valence-corrected chi connectivity index (χ0v) is 12.7. The molecule has 0 aliphatic carbocycles. The first-order chi connectivity index (χ1) is 8.47. The molecule has 0 fully saturated rings. The summed E-state index contributed by atoms with van der Waals surface area (Å²) in [5, 5.41) is 7.53. The van der Waals surface area contributed by atoms with Crippen LogP contribution in [0, 0.1) is 13.8 Å². The van der Waals surface area contributed by atoms with Crippen molar-refractivity contribution in [3.05, 3.63) is 27.4 Å². The summed E-state index contributed by atoms with van der Waals surface area (Å²) in [7, 11) is 0. The summed E-state index contributed by atoms with van der Waals surface area (Å²) in [6.45, 7) is 5.70. The van der Waals surface area contributed by atoms with Crippen LogP contribution in [0.2, 0.25) is 0 Å². The van der Waals surface area contributed by atoms with Gasteiger partial charge in [0.15, 0.2) is 5.13 Å². The van der Waals surface area contributed by atoms with Gasteiger partial charge in [-0.3, -0.25) is 9.48 Å². The van der Waals surface area contributed by atoms with Crippen LogP contribution in [0.3, 0.4) is 0 Å². The predicted molar refractivity (Wildman–Crippen MR) is 74.9 cm³/mol. The molecule has 0 aromatic carbocycles. The van der Waals surface area contributed by atoms with E-state index < -0.39 is 0 Å². The first kappa shape index (κ1) is 13.2. The Morgan fingerprint density at radius 1 is 1.56 bits per heavy atom. The van der Waals surface area contributed by atoms with Gasteiger partial charge in [-0.05, 0) is 36.7 Å². The lowest BCUT2D eigenvalue weighted by Crippen LogP contribution is -2.23. The molecule has 2 aromatic rings. The summed E-state index contributed by atoms with van der Waals surface area (Å²) in [4.78, 5) is 17.4. The second-order valence-corrected chi connectivity index (χ2v) is 6.08. The summed E-state index contributed by atoms with van der Waals surface area (Å²) in [5.41, 5.74) is 0.949. The Morgan fingerprint density at radius 2 is 2.28 bits per heavy atom. The van der Waals surface area contributed by atoms with Crippen LogP contribution in [-0.2, 0) is 4.79 Å². The Morgan fingerprint density at radius 3 is 2.78 bits per heavy atom. The molecule has 0 saturated carbocycles. The van der Waals surface area contributed by atoms with E-state index in [-0.39, 0.29) is 11.9 Å². The molecule has 0 bridgehead atoms. The van der Waals surface area contributed by atoms with Gasteiger partial charge in [0.05, 0.1) is 16.4 Å². The van der Waals surface area contributed by atoms with Gasteiger partial charge in [-0.25, -0.2) is 4.98 Å². The van der Waals surface area contributed by atoms with Crippen molar-refractivity contribution in [2.75, 3.05) is 5.32 Å². The van der Waals surface area contributed by atoms with E-state index in [1.807, 2.05) is 13.8 Å². The fourth-order valence-corrected chi connectivity index (χ4v) is 2.50. The minimum Gasteiger partial charge on any atom is -0.300 e. The van der Waals surface area contributed by atoms with Gasteiger partial charge in [0.1, 0.15) is 6.04 Å². The zero-order chi connectivity index (χ0) is 13.3. The summed E-state index contributed by atoms with van der Waals surface area (Å²) >= 11 is 4.78. The molecule has 2 aromatic heterocycles. The number of amides is 1. The Bertz CT molecular complexity index is 558. The van der Waals surface area contributed by atoms with E-state index in [0.29, 0.717) is 5.13 Å². The number of nitrogens with zero attached hydrogens (tertiary/aromatic N) is 3. The average Bonchev–Trinajstić information content (AvgIpc) is 2.85. The number of carbonyl (C=O) groups excluding carboxylic acids is 1. The molecule has 0 saturated heterocycles. The van der Waals surface area contributed by atoms with Crippen LogP contribution >= 0.6 is 27.3 Å². The summed E-state index contributed by atoms with van der Waals surface area (Å²) in [6.07, 6.45) is 3.42. The molecule has 18 heavy (non-hydrogen) atoms. The lowest BCUT2D eigenvalue weighted by Gasteiger charge is -2.10. The van der Waals surface area contributed by atoms with Gasteiger partial charge in [0, 0.05) is 11.1 Å². The molecule has 0 spiro atoms. The highest BCUT2D eigenvalue weighted by Gasteiger charge is 2.17. The quantitative estimate of drug-likeness (QED) is 0.942. The van der Waals surface area contributed by atoms with E-state index in [1.165, 1.54) is 11.3 Å². The molecule has 96 valence electrons. The van der Waals surface area contributed by atoms with E-state index in [1.54, 1.807) is 24.0 Å². The van der Waals surface area contributed by atoms with Crippen LogP contribution in [0.5, 0.6) is 0 Å². The topological polar surface area (TPSA) is 59.8 Å². The first-order valence-corrected chi connectivity index (χ1v) is 7.03. The highest BCUT2D eigenvalue weighted by atomic mass is 79.9. The van der Waals surface area contributed by atoms with Crippen LogP contribution < -0.4 is 5.32 Å². The number of aromatic nitrogens is 3. The minimum absolute atomic E-state index is 0.126. The summed E-state index contributed by atoms with van der Waals surface area (Å²) in [5.74, 6) is -0.126. The molecule has 5 nitrogen and oxygen atoms in total. The number of carbonyl (C=O) groups is 1. The van der Waals surface area contributed by atoms with Crippen molar-refractivity contribution in [2.45, 2.75) is 26.8 Å². The second kappa shape index (κ2) is 5.19. The molecule has 0 radical (unpaired) electrons. The minimum atomic E-state index is -0.374. The van der Waals surface area contributed by atoms with Gasteiger partial charge in [-0.1, -0.05) is 0 Å². The average molecular weight is 329 g/mol. The molecule has 0 unspecified atom stereocenters. The van der Waals surface area contributed by atoms with Gasteiger partial charge < -0.3 is 5.32 Å². The Hall–Kier alpha value is -1.21. The number of nitrogens with one attached hydrogen (secondary N) is 1. The van der Waals surface area contributed by atoms with Crippen molar-refractivity contribution >= 4 is 38.3 Å². The van der Waals surface area contributed by atoms with E-state index in [0.717, 1.165) is 15.0 Å². The summed E-state index contributed by atoms with van der Waals surface area (Å²) in [6, 6.07) is -0.374. The van der Waals surface area contributed by atoms with Crippen molar-refractivity contribution in [1.82, 2.24) is 14.8 Å². The number of halogens is 1. The maximum Gasteiger partial charge on any atom is 0.250 e. The van der Waals surface area contributed by atoms with Gasteiger partial charge in [0.25, 0.3) is 5.91 Å². The zero-order valence-electron chi connectivity index (χ0n) is 10.3.